The van der Waals surface area contributed by atoms with Gasteiger partial charge in [-0.15, -0.1) is 10.2 Å². The van der Waals surface area contributed by atoms with Crippen molar-refractivity contribution in [2.45, 2.75) is 20.4 Å². The highest BCUT2D eigenvalue weighted by Crippen LogP contribution is 2.11. The number of aryl methyl sites for hydroxylation is 2. The molecule has 0 radical (unpaired) electrons. The molecule has 0 aliphatic carbocycles. The van der Waals surface area contributed by atoms with Crippen LogP contribution >= 0.6 is 11.6 Å². The Morgan fingerprint density at radius 3 is 2.71 bits per heavy atom. The third kappa shape index (κ3) is 1.63. The lowest BCUT2D eigenvalue weighted by atomic mass is 10.4. The maximum Gasteiger partial charge on any atom is 0.225 e. The van der Waals surface area contributed by atoms with E-state index in [0.29, 0.717) is 11.8 Å². The second kappa shape index (κ2) is 3.42. The van der Waals surface area contributed by atoms with Gasteiger partial charge in [-0.2, -0.15) is 0 Å². The highest BCUT2D eigenvalue weighted by atomic mass is 35.5. The Bertz CT molecular complexity index is 428. The predicted octanol–water partition coefficient (Wildman–Crippen LogP) is 1.58. The summed E-state index contributed by atoms with van der Waals surface area (Å²) in [5.41, 5.74) is 0.849. The molecule has 0 aliphatic heterocycles. The van der Waals surface area contributed by atoms with Gasteiger partial charge in [0.05, 0.1) is 12.2 Å². The fourth-order valence-corrected chi connectivity index (χ4v) is 1.40. The topological polar surface area (TPSA) is 56.7 Å². The van der Waals surface area contributed by atoms with Gasteiger partial charge in [-0.3, -0.25) is 4.57 Å². The van der Waals surface area contributed by atoms with Crippen LogP contribution in [0.2, 0.25) is 5.28 Å². The first-order valence-electron chi connectivity index (χ1n) is 4.14. The second-order valence-corrected chi connectivity index (χ2v) is 3.38. The van der Waals surface area contributed by atoms with Crippen LogP contribution in [-0.4, -0.2) is 19.9 Å². The van der Waals surface area contributed by atoms with E-state index >= 15 is 0 Å². The van der Waals surface area contributed by atoms with E-state index < -0.39 is 0 Å². The van der Waals surface area contributed by atoms with Gasteiger partial charge in [0, 0.05) is 6.07 Å². The Balaban J connectivity index is 2.26. The van der Waals surface area contributed by atoms with Crippen LogP contribution in [0.25, 0.3) is 0 Å². The van der Waals surface area contributed by atoms with Gasteiger partial charge in [0.15, 0.2) is 5.76 Å². The highest BCUT2D eigenvalue weighted by molar-refractivity contribution is 6.28. The molecule has 2 heterocycles. The van der Waals surface area contributed by atoms with Crippen LogP contribution in [0.15, 0.2) is 10.6 Å². The van der Waals surface area contributed by atoms with Crippen LogP contribution in [0, 0.1) is 13.8 Å². The van der Waals surface area contributed by atoms with Gasteiger partial charge in [-0.05, 0) is 25.4 Å². The second-order valence-electron chi connectivity index (χ2n) is 3.04. The van der Waals surface area contributed by atoms with E-state index in [1.54, 1.807) is 4.57 Å². The minimum Gasteiger partial charge on any atom is -0.359 e. The lowest BCUT2D eigenvalue weighted by Crippen LogP contribution is -2.01. The normalized spacial score (nSPS) is 10.8. The molecule has 0 spiro atoms. The third-order valence-corrected chi connectivity index (χ3v) is 2.16. The summed E-state index contributed by atoms with van der Waals surface area (Å²) in [4.78, 5) is 0. The summed E-state index contributed by atoms with van der Waals surface area (Å²) in [6.07, 6.45) is 0. The van der Waals surface area contributed by atoms with E-state index in [2.05, 4.69) is 15.4 Å². The average Bonchev–Trinajstić information content (AvgIpc) is 2.67. The van der Waals surface area contributed by atoms with Crippen LogP contribution in [0.5, 0.6) is 0 Å². The van der Waals surface area contributed by atoms with Gasteiger partial charge in [0.2, 0.25) is 5.28 Å². The van der Waals surface area contributed by atoms with E-state index in [-0.39, 0.29) is 0 Å². The molecule has 14 heavy (non-hydrogen) atoms. The first-order valence-corrected chi connectivity index (χ1v) is 4.52. The zero-order chi connectivity index (χ0) is 10.1. The minimum atomic E-state index is 0.358. The molecule has 2 aromatic rings. The number of hydrogen-bond donors (Lipinski definition) is 0. The summed E-state index contributed by atoms with van der Waals surface area (Å²) in [5, 5.41) is 11.7. The maximum absolute atomic E-state index is 5.83. The van der Waals surface area contributed by atoms with E-state index in [4.69, 9.17) is 16.1 Å². The monoisotopic (exact) mass is 212 g/mol. The van der Waals surface area contributed by atoms with Crippen molar-refractivity contribution in [1.82, 2.24) is 19.9 Å². The summed E-state index contributed by atoms with van der Waals surface area (Å²) < 4.78 is 6.81. The molecule has 0 amide bonds. The molecule has 0 unspecified atom stereocenters. The van der Waals surface area contributed by atoms with E-state index in [9.17, 15) is 0 Å². The van der Waals surface area contributed by atoms with E-state index in [1.807, 2.05) is 19.9 Å². The first kappa shape index (κ1) is 9.21. The van der Waals surface area contributed by atoms with Gasteiger partial charge < -0.3 is 4.52 Å². The Labute approximate surface area is 85.7 Å². The van der Waals surface area contributed by atoms with Crippen molar-refractivity contribution in [3.63, 3.8) is 0 Å². The van der Waals surface area contributed by atoms with Crippen LogP contribution in [-0.2, 0) is 6.54 Å². The SMILES string of the molecule is Cc1cc(Cn2c(C)nnc2Cl)on1. The Hall–Kier alpha value is -1.36. The molecule has 6 heteroatoms. The molecule has 0 saturated carbocycles. The van der Waals surface area contributed by atoms with E-state index in [1.165, 1.54) is 0 Å². The Kier molecular flexibility index (Phi) is 2.25. The molecule has 0 aromatic carbocycles. The molecule has 0 fully saturated rings. The number of hydrogen-bond acceptors (Lipinski definition) is 4. The zero-order valence-corrected chi connectivity index (χ0v) is 8.62. The lowest BCUT2D eigenvalue weighted by molar-refractivity contribution is 0.372. The molecule has 0 saturated heterocycles. The summed E-state index contributed by atoms with van der Waals surface area (Å²) in [5.74, 6) is 1.50. The fraction of sp³-hybridized carbons (Fsp3) is 0.375. The number of rotatable bonds is 2. The molecule has 5 nitrogen and oxygen atoms in total. The summed E-state index contributed by atoms with van der Waals surface area (Å²) in [7, 11) is 0. The maximum atomic E-state index is 5.83. The average molecular weight is 213 g/mol. The van der Waals surface area contributed by atoms with Crippen molar-refractivity contribution < 1.29 is 4.52 Å². The molecule has 74 valence electrons. The van der Waals surface area contributed by atoms with Crippen molar-refractivity contribution >= 4 is 11.6 Å². The smallest absolute Gasteiger partial charge is 0.225 e. The van der Waals surface area contributed by atoms with Gasteiger partial charge in [0.1, 0.15) is 5.82 Å². The third-order valence-electron chi connectivity index (χ3n) is 1.88. The molecule has 0 bridgehead atoms. The van der Waals surface area contributed by atoms with Crippen molar-refractivity contribution in [2.24, 2.45) is 0 Å². The molecular formula is C8H9ClN4O. The fourth-order valence-electron chi connectivity index (χ4n) is 1.18. The predicted molar refractivity (Wildman–Crippen MR) is 50.1 cm³/mol. The number of halogens is 1. The summed E-state index contributed by atoms with van der Waals surface area (Å²) in [6, 6.07) is 1.86. The number of aromatic nitrogens is 4. The van der Waals surface area contributed by atoms with Gasteiger partial charge in [0.25, 0.3) is 0 Å². The van der Waals surface area contributed by atoms with Crippen LogP contribution < -0.4 is 0 Å². The first-order chi connectivity index (χ1) is 6.66. The summed E-state index contributed by atoms with van der Waals surface area (Å²) >= 11 is 5.83. The van der Waals surface area contributed by atoms with Gasteiger partial charge in [-0.1, -0.05) is 5.16 Å². The standard InChI is InChI=1S/C8H9ClN4O/c1-5-3-7(14-12-5)4-13-6(2)10-11-8(13)9/h3H,4H2,1-2H3. The van der Waals surface area contributed by atoms with Crippen LogP contribution in [0.4, 0.5) is 0 Å². The van der Waals surface area contributed by atoms with Gasteiger partial charge in [-0.25, -0.2) is 0 Å². The molecule has 0 N–H and O–H groups in total. The quantitative estimate of drug-likeness (QED) is 0.759. The zero-order valence-electron chi connectivity index (χ0n) is 7.86. The van der Waals surface area contributed by atoms with E-state index in [0.717, 1.165) is 17.3 Å². The molecule has 0 aliphatic rings. The minimum absolute atomic E-state index is 0.358. The van der Waals surface area contributed by atoms with Crippen molar-refractivity contribution in [3.05, 3.63) is 28.6 Å². The van der Waals surface area contributed by atoms with Crippen LogP contribution in [0.1, 0.15) is 17.3 Å². The van der Waals surface area contributed by atoms with Crippen molar-refractivity contribution in [3.8, 4) is 0 Å². The lowest BCUT2D eigenvalue weighted by Gasteiger charge is -2.00. The summed E-state index contributed by atoms with van der Waals surface area (Å²) in [6.45, 7) is 4.22. The Morgan fingerprint density at radius 1 is 1.43 bits per heavy atom. The largest absolute Gasteiger partial charge is 0.359 e. The van der Waals surface area contributed by atoms with Gasteiger partial charge >= 0.3 is 0 Å². The molecule has 2 rings (SSSR count). The highest BCUT2D eigenvalue weighted by Gasteiger charge is 2.09. The Morgan fingerprint density at radius 2 is 2.21 bits per heavy atom. The van der Waals surface area contributed by atoms with Crippen LogP contribution in [0.3, 0.4) is 0 Å². The van der Waals surface area contributed by atoms with Crippen molar-refractivity contribution in [1.29, 1.82) is 0 Å². The van der Waals surface area contributed by atoms with Crippen molar-refractivity contribution in [2.75, 3.05) is 0 Å². The molecule has 0 atom stereocenters. The molecule has 2 aromatic heterocycles. The molecular weight excluding hydrogens is 204 g/mol. The number of nitrogens with zero attached hydrogens (tertiary/aromatic N) is 4.